The molecule has 23 heavy (non-hydrogen) atoms. The van der Waals surface area contributed by atoms with Crippen molar-refractivity contribution in [1.82, 2.24) is 5.32 Å². The highest BCUT2D eigenvalue weighted by Gasteiger charge is 2.14. The highest BCUT2D eigenvalue weighted by Crippen LogP contribution is 2.35. The van der Waals surface area contributed by atoms with Gasteiger partial charge in [-0.05, 0) is 29.5 Å². The Morgan fingerprint density at radius 1 is 1.30 bits per heavy atom. The molecule has 0 spiro atoms. The van der Waals surface area contributed by atoms with Gasteiger partial charge in [-0.3, -0.25) is 4.79 Å². The Balaban J connectivity index is 1.56. The molecule has 1 amide bonds. The summed E-state index contributed by atoms with van der Waals surface area (Å²) in [6.45, 7) is 5.48. The maximum absolute atomic E-state index is 12.0. The van der Waals surface area contributed by atoms with Crippen molar-refractivity contribution in [3.63, 3.8) is 0 Å². The Morgan fingerprint density at radius 3 is 2.96 bits per heavy atom. The summed E-state index contributed by atoms with van der Waals surface area (Å²) in [6, 6.07) is 7.35. The quantitative estimate of drug-likeness (QED) is 0.880. The molecule has 2 heterocycles. The second kappa shape index (κ2) is 6.91. The first-order valence-electron chi connectivity index (χ1n) is 7.50. The van der Waals surface area contributed by atoms with E-state index >= 15 is 0 Å². The largest absolute Gasteiger partial charge is 0.489 e. The summed E-state index contributed by atoms with van der Waals surface area (Å²) in [6.07, 6.45) is 0. The second-order valence-corrected chi connectivity index (χ2v) is 6.64. The van der Waals surface area contributed by atoms with Gasteiger partial charge in [-0.15, -0.1) is 11.3 Å². The molecule has 5 nitrogen and oxygen atoms in total. The molecule has 1 aromatic heterocycles. The number of rotatable bonds is 6. The number of carbonyl (C=O) groups is 1. The molecule has 0 bridgehead atoms. The zero-order valence-corrected chi connectivity index (χ0v) is 13.9. The van der Waals surface area contributed by atoms with Gasteiger partial charge >= 0.3 is 0 Å². The number of hydrogen-bond donors (Lipinski definition) is 1. The molecule has 0 saturated heterocycles. The van der Waals surface area contributed by atoms with Gasteiger partial charge in [0.1, 0.15) is 12.4 Å². The van der Waals surface area contributed by atoms with Crippen molar-refractivity contribution in [3.8, 4) is 17.2 Å². The lowest BCUT2D eigenvalue weighted by molar-refractivity contribution is 0.0953. The summed E-state index contributed by atoms with van der Waals surface area (Å²) in [7, 11) is 0. The summed E-state index contributed by atoms with van der Waals surface area (Å²) in [5.41, 5.74) is 0.974. The fourth-order valence-electron chi connectivity index (χ4n) is 2.09. The van der Waals surface area contributed by atoms with Crippen molar-refractivity contribution in [1.29, 1.82) is 0 Å². The molecular weight excluding hydrogens is 314 g/mol. The lowest BCUT2D eigenvalue weighted by Crippen LogP contribution is -2.26. The summed E-state index contributed by atoms with van der Waals surface area (Å²) in [4.78, 5) is 12.7. The Kier molecular flexibility index (Phi) is 4.71. The van der Waals surface area contributed by atoms with Crippen molar-refractivity contribution in [2.75, 3.05) is 13.3 Å². The molecule has 2 aromatic rings. The van der Waals surface area contributed by atoms with Gasteiger partial charge in [0.15, 0.2) is 11.5 Å². The summed E-state index contributed by atoms with van der Waals surface area (Å²) in [5, 5.41) is 4.86. The summed E-state index contributed by atoms with van der Waals surface area (Å²) in [5.74, 6) is 2.55. The van der Waals surface area contributed by atoms with Crippen LogP contribution in [0.1, 0.15) is 29.1 Å². The first kappa shape index (κ1) is 15.7. The van der Waals surface area contributed by atoms with Crippen LogP contribution in [0.25, 0.3) is 0 Å². The fourth-order valence-corrected chi connectivity index (χ4v) is 2.90. The first-order valence-corrected chi connectivity index (χ1v) is 8.38. The van der Waals surface area contributed by atoms with Gasteiger partial charge < -0.3 is 19.5 Å². The third kappa shape index (κ3) is 3.96. The molecule has 1 N–H and O–H groups in total. The van der Waals surface area contributed by atoms with E-state index in [1.807, 2.05) is 29.6 Å². The van der Waals surface area contributed by atoms with E-state index in [1.165, 1.54) is 11.3 Å². The van der Waals surface area contributed by atoms with Gasteiger partial charge in [-0.2, -0.15) is 0 Å². The van der Waals surface area contributed by atoms with Crippen LogP contribution in [0.2, 0.25) is 0 Å². The molecule has 1 aliphatic heterocycles. The molecule has 3 rings (SSSR count). The molecule has 0 fully saturated rings. The predicted octanol–water partition coefficient (Wildman–Crippen LogP) is 3.44. The highest BCUT2D eigenvalue weighted by atomic mass is 32.1. The van der Waals surface area contributed by atoms with Crippen LogP contribution in [0.15, 0.2) is 29.6 Å². The summed E-state index contributed by atoms with van der Waals surface area (Å²) < 4.78 is 16.3. The van der Waals surface area contributed by atoms with E-state index in [1.54, 1.807) is 0 Å². The van der Waals surface area contributed by atoms with Crippen molar-refractivity contribution in [2.45, 2.75) is 20.5 Å². The zero-order chi connectivity index (χ0) is 16.2. The van der Waals surface area contributed by atoms with E-state index in [-0.39, 0.29) is 12.7 Å². The second-order valence-electron chi connectivity index (χ2n) is 5.73. The summed E-state index contributed by atoms with van der Waals surface area (Å²) >= 11 is 1.43. The van der Waals surface area contributed by atoms with Gasteiger partial charge in [0, 0.05) is 18.2 Å². The van der Waals surface area contributed by atoms with E-state index in [9.17, 15) is 4.79 Å². The molecule has 0 saturated carbocycles. The topological polar surface area (TPSA) is 56.8 Å². The van der Waals surface area contributed by atoms with Crippen LogP contribution >= 0.6 is 11.3 Å². The van der Waals surface area contributed by atoms with Crippen LogP contribution < -0.4 is 19.5 Å². The molecule has 0 unspecified atom stereocenters. The molecular formula is C17H19NO4S. The molecule has 1 aliphatic rings. The van der Waals surface area contributed by atoms with Crippen molar-refractivity contribution < 1.29 is 19.0 Å². The van der Waals surface area contributed by atoms with E-state index in [2.05, 4.69) is 19.2 Å². The third-order valence-corrected chi connectivity index (χ3v) is 4.28. The molecule has 0 atom stereocenters. The Bertz CT molecular complexity index is 696. The number of nitrogens with one attached hydrogen (secondary N) is 1. The van der Waals surface area contributed by atoms with Crippen molar-refractivity contribution in [2.24, 2.45) is 5.92 Å². The molecule has 122 valence electrons. The number of hydrogen-bond acceptors (Lipinski definition) is 5. The minimum absolute atomic E-state index is 0.0296. The van der Waals surface area contributed by atoms with Crippen molar-refractivity contribution >= 4 is 17.2 Å². The lowest BCUT2D eigenvalue weighted by atomic mass is 10.2. The van der Waals surface area contributed by atoms with Crippen LogP contribution in [-0.4, -0.2) is 19.2 Å². The van der Waals surface area contributed by atoms with E-state index in [0.717, 1.165) is 11.3 Å². The van der Waals surface area contributed by atoms with E-state index in [4.69, 9.17) is 14.2 Å². The smallest absolute Gasteiger partial charge is 0.261 e. The average molecular weight is 333 g/mol. The molecule has 6 heteroatoms. The number of ether oxygens (including phenoxy) is 3. The number of thiophene rings is 1. The monoisotopic (exact) mass is 333 g/mol. The van der Waals surface area contributed by atoms with Gasteiger partial charge in [0.05, 0.1) is 4.88 Å². The zero-order valence-electron chi connectivity index (χ0n) is 13.1. The predicted molar refractivity (Wildman–Crippen MR) is 88.4 cm³/mol. The normalized spacial score (nSPS) is 12.5. The molecule has 0 radical (unpaired) electrons. The highest BCUT2D eigenvalue weighted by molar-refractivity contribution is 7.12. The number of benzene rings is 1. The first-order chi connectivity index (χ1) is 11.1. The number of carbonyl (C=O) groups excluding carboxylic acids is 1. The van der Waals surface area contributed by atoms with Crippen LogP contribution in [0, 0.1) is 5.92 Å². The van der Waals surface area contributed by atoms with Gasteiger partial charge in [0.25, 0.3) is 5.91 Å². The van der Waals surface area contributed by atoms with Gasteiger partial charge in [-0.1, -0.05) is 13.8 Å². The number of amides is 1. The van der Waals surface area contributed by atoms with Crippen molar-refractivity contribution in [3.05, 3.63) is 40.1 Å². The average Bonchev–Trinajstić information content (AvgIpc) is 3.19. The van der Waals surface area contributed by atoms with E-state index < -0.39 is 0 Å². The molecule has 1 aromatic carbocycles. The third-order valence-electron chi connectivity index (χ3n) is 3.30. The Labute approximate surface area is 139 Å². The van der Waals surface area contributed by atoms with Gasteiger partial charge in [-0.25, -0.2) is 0 Å². The van der Waals surface area contributed by atoms with E-state index in [0.29, 0.717) is 35.4 Å². The lowest BCUT2D eigenvalue weighted by Gasteiger charge is -2.06. The Hall–Kier alpha value is -2.21. The minimum Gasteiger partial charge on any atom is -0.489 e. The van der Waals surface area contributed by atoms with Crippen LogP contribution in [0.5, 0.6) is 17.2 Å². The maximum atomic E-state index is 12.0. The minimum atomic E-state index is -0.0296. The van der Waals surface area contributed by atoms with Gasteiger partial charge in [0.2, 0.25) is 6.79 Å². The Morgan fingerprint density at radius 2 is 2.13 bits per heavy atom. The maximum Gasteiger partial charge on any atom is 0.261 e. The number of fused-ring (bicyclic) bond motifs is 1. The van der Waals surface area contributed by atoms with Crippen LogP contribution in [0.4, 0.5) is 0 Å². The standard InChI is InChI=1S/C17H19NO4S/c1-11(2)7-18-17(19)16-5-12(9-23-16)8-20-13-3-4-14-15(6-13)22-10-21-14/h3-6,9,11H,7-8,10H2,1-2H3,(H,18,19). The van der Waals surface area contributed by atoms with Crippen LogP contribution in [-0.2, 0) is 6.61 Å². The molecule has 0 aliphatic carbocycles. The van der Waals surface area contributed by atoms with Crippen LogP contribution in [0.3, 0.4) is 0 Å². The SMILES string of the molecule is CC(C)CNC(=O)c1cc(COc2ccc3c(c2)OCO3)cs1. The fraction of sp³-hybridized carbons (Fsp3) is 0.353.